The van der Waals surface area contributed by atoms with E-state index in [1.807, 2.05) is 25.1 Å². The van der Waals surface area contributed by atoms with Crippen molar-refractivity contribution in [3.63, 3.8) is 0 Å². The number of methoxy groups -OCH3 is 2. The third-order valence-corrected chi connectivity index (χ3v) is 3.72. The molecule has 0 heterocycles. The van der Waals surface area contributed by atoms with Crippen molar-refractivity contribution >= 4 is 5.97 Å². The molecule has 0 aromatic rings. The Balaban J connectivity index is 2.78. The number of hydrogen-bond acceptors (Lipinski definition) is 6. The van der Waals surface area contributed by atoms with Crippen molar-refractivity contribution in [3.05, 3.63) is 35.2 Å². The molecule has 1 rings (SSSR count). The number of rotatable bonds is 9. The topological polar surface area (TPSA) is 80.6 Å². The quantitative estimate of drug-likeness (QED) is 0.396. The molecule has 0 radical (unpaired) electrons. The molecule has 0 saturated carbocycles. The minimum absolute atomic E-state index is 0.0702. The molecule has 0 fully saturated rings. The number of nitrogens with one attached hydrogen (secondary N) is 1. The van der Waals surface area contributed by atoms with Gasteiger partial charge in [-0.25, -0.2) is 4.79 Å². The molecule has 0 aromatic carbocycles. The smallest absolute Gasteiger partial charge is 0.349 e. The summed E-state index contributed by atoms with van der Waals surface area (Å²) >= 11 is 0. The van der Waals surface area contributed by atoms with Crippen LogP contribution in [-0.4, -0.2) is 39.5 Å². The largest absolute Gasteiger partial charge is 0.459 e. The number of nitriles is 1. The molecule has 1 aliphatic rings. The van der Waals surface area contributed by atoms with E-state index in [4.69, 9.17) is 14.2 Å². The SMILES string of the molecule is CCC(COC(=O)/C(C#N)=C1\C=C(N/C=C\COC)CCC1)OC. The molecular weight excluding hydrogens is 308 g/mol. The van der Waals surface area contributed by atoms with Crippen molar-refractivity contribution in [2.75, 3.05) is 27.4 Å². The maximum Gasteiger partial charge on any atom is 0.349 e. The van der Waals surface area contributed by atoms with Gasteiger partial charge in [-0.15, -0.1) is 0 Å². The Morgan fingerprint density at radius 1 is 1.46 bits per heavy atom. The fourth-order valence-corrected chi connectivity index (χ4v) is 2.29. The molecule has 132 valence electrons. The Morgan fingerprint density at radius 3 is 2.88 bits per heavy atom. The molecule has 6 nitrogen and oxygen atoms in total. The lowest BCUT2D eigenvalue weighted by molar-refractivity contribution is -0.142. The van der Waals surface area contributed by atoms with Gasteiger partial charge in [0.25, 0.3) is 0 Å². The van der Waals surface area contributed by atoms with Crippen LogP contribution >= 0.6 is 0 Å². The molecule has 6 heteroatoms. The van der Waals surface area contributed by atoms with E-state index in [0.29, 0.717) is 18.6 Å². The van der Waals surface area contributed by atoms with Crippen LogP contribution in [0.2, 0.25) is 0 Å². The Morgan fingerprint density at radius 2 is 2.25 bits per heavy atom. The average molecular weight is 334 g/mol. The number of hydrogen-bond donors (Lipinski definition) is 1. The molecule has 1 unspecified atom stereocenters. The number of esters is 1. The fourth-order valence-electron chi connectivity index (χ4n) is 2.29. The second-order valence-corrected chi connectivity index (χ2v) is 5.40. The summed E-state index contributed by atoms with van der Waals surface area (Å²) in [6.45, 7) is 2.63. The van der Waals surface area contributed by atoms with E-state index in [1.54, 1.807) is 20.4 Å². The second kappa shape index (κ2) is 11.4. The van der Waals surface area contributed by atoms with Crippen molar-refractivity contribution in [2.24, 2.45) is 0 Å². The van der Waals surface area contributed by atoms with Gasteiger partial charge in [0.15, 0.2) is 0 Å². The van der Waals surface area contributed by atoms with Crippen LogP contribution < -0.4 is 5.32 Å². The summed E-state index contributed by atoms with van der Waals surface area (Å²) < 4.78 is 15.3. The lowest BCUT2D eigenvalue weighted by Gasteiger charge is -2.17. The van der Waals surface area contributed by atoms with Crippen LogP contribution in [0.1, 0.15) is 32.6 Å². The van der Waals surface area contributed by atoms with Crippen molar-refractivity contribution in [2.45, 2.75) is 38.7 Å². The maximum atomic E-state index is 12.2. The van der Waals surface area contributed by atoms with Gasteiger partial charge in [0.05, 0.1) is 12.7 Å². The minimum atomic E-state index is -0.588. The van der Waals surface area contributed by atoms with Gasteiger partial charge in [-0.2, -0.15) is 5.26 Å². The molecule has 24 heavy (non-hydrogen) atoms. The van der Waals surface area contributed by atoms with Gasteiger partial charge in [-0.3, -0.25) is 0 Å². The van der Waals surface area contributed by atoms with Crippen molar-refractivity contribution in [3.8, 4) is 6.07 Å². The molecule has 1 atom stereocenters. The zero-order valence-electron chi connectivity index (χ0n) is 14.6. The highest BCUT2D eigenvalue weighted by atomic mass is 16.6. The van der Waals surface area contributed by atoms with E-state index in [-0.39, 0.29) is 18.3 Å². The third kappa shape index (κ3) is 6.57. The van der Waals surface area contributed by atoms with Gasteiger partial charge >= 0.3 is 5.97 Å². The summed E-state index contributed by atoms with van der Waals surface area (Å²) in [5, 5.41) is 12.5. The van der Waals surface area contributed by atoms with E-state index in [1.165, 1.54) is 0 Å². The van der Waals surface area contributed by atoms with Crippen LogP contribution in [0.4, 0.5) is 0 Å². The first-order chi connectivity index (χ1) is 11.7. The Labute approximate surface area is 143 Å². The monoisotopic (exact) mass is 334 g/mol. The predicted octanol–water partition coefficient (Wildman–Crippen LogP) is 2.59. The molecule has 1 aliphatic carbocycles. The van der Waals surface area contributed by atoms with Crippen molar-refractivity contribution < 1.29 is 19.0 Å². The van der Waals surface area contributed by atoms with E-state index >= 15 is 0 Å². The van der Waals surface area contributed by atoms with Gasteiger partial charge < -0.3 is 19.5 Å². The zero-order valence-corrected chi connectivity index (χ0v) is 14.6. The number of ether oxygens (including phenoxy) is 3. The van der Waals surface area contributed by atoms with Crippen LogP contribution in [-0.2, 0) is 19.0 Å². The maximum absolute atomic E-state index is 12.2. The fraction of sp³-hybridized carbons (Fsp3) is 0.556. The number of carbonyl (C=O) groups is 1. The molecule has 0 aromatic heterocycles. The molecule has 0 aliphatic heterocycles. The molecule has 0 bridgehead atoms. The number of allylic oxidation sites excluding steroid dienone is 3. The number of nitrogens with zero attached hydrogens (tertiary/aromatic N) is 1. The van der Waals surface area contributed by atoms with Gasteiger partial charge in [-0.05, 0) is 49.6 Å². The van der Waals surface area contributed by atoms with Gasteiger partial charge in [0, 0.05) is 19.9 Å². The first kappa shape index (κ1) is 19.9. The zero-order chi connectivity index (χ0) is 17.8. The number of carbonyl (C=O) groups excluding carboxylic acids is 1. The standard InChI is InChI=1S/C18H26N2O4/c1-4-16(23-3)13-24-18(21)17(12-19)14-7-5-8-15(11-14)20-9-6-10-22-2/h6,9,11,16,20H,4-5,7-8,10,13H2,1-3H3/b9-6-,17-14-. The van der Waals surface area contributed by atoms with Crippen LogP contribution in [0.3, 0.4) is 0 Å². The van der Waals surface area contributed by atoms with Gasteiger partial charge in [0.1, 0.15) is 18.2 Å². The van der Waals surface area contributed by atoms with Crippen LogP contribution in [0, 0.1) is 11.3 Å². The molecule has 0 spiro atoms. The lowest BCUT2D eigenvalue weighted by atomic mass is 9.95. The summed E-state index contributed by atoms with van der Waals surface area (Å²) in [5.74, 6) is -0.588. The summed E-state index contributed by atoms with van der Waals surface area (Å²) in [7, 11) is 3.20. The highest BCUT2D eigenvalue weighted by molar-refractivity contribution is 5.94. The van der Waals surface area contributed by atoms with Crippen molar-refractivity contribution in [1.82, 2.24) is 5.32 Å². The molecular formula is C18H26N2O4. The van der Waals surface area contributed by atoms with Crippen LogP contribution in [0.25, 0.3) is 0 Å². The highest BCUT2D eigenvalue weighted by Gasteiger charge is 2.19. The van der Waals surface area contributed by atoms with Gasteiger partial charge in [-0.1, -0.05) is 6.92 Å². The second-order valence-electron chi connectivity index (χ2n) is 5.40. The highest BCUT2D eigenvalue weighted by Crippen LogP contribution is 2.24. The average Bonchev–Trinajstić information content (AvgIpc) is 2.61. The Bertz CT molecular complexity index is 540. The Hall–Kier alpha value is -2.10. The normalized spacial score (nSPS) is 17.8. The molecule has 0 saturated heterocycles. The summed E-state index contributed by atoms with van der Waals surface area (Å²) in [4.78, 5) is 12.2. The van der Waals surface area contributed by atoms with Crippen LogP contribution in [0.15, 0.2) is 35.2 Å². The molecule has 1 N–H and O–H groups in total. The summed E-state index contributed by atoms with van der Waals surface area (Å²) in [6, 6.07) is 1.98. The third-order valence-electron chi connectivity index (χ3n) is 3.72. The predicted molar refractivity (Wildman–Crippen MR) is 90.8 cm³/mol. The summed E-state index contributed by atoms with van der Waals surface area (Å²) in [5.41, 5.74) is 1.75. The lowest BCUT2D eigenvalue weighted by Crippen LogP contribution is -2.21. The van der Waals surface area contributed by atoms with E-state index < -0.39 is 5.97 Å². The van der Waals surface area contributed by atoms with E-state index in [2.05, 4.69) is 5.32 Å². The first-order valence-electron chi connectivity index (χ1n) is 8.10. The first-order valence-corrected chi connectivity index (χ1v) is 8.10. The van der Waals surface area contributed by atoms with E-state index in [0.717, 1.165) is 25.0 Å². The summed E-state index contributed by atoms with van der Waals surface area (Å²) in [6.07, 6.45) is 8.53. The van der Waals surface area contributed by atoms with Gasteiger partial charge in [0.2, 0.25) is 0 Å². The Kier molecular flexibility index (Phi) is 9.51. The van der Waals surface area contributed by atoms with E-state index in [9.17, 15) is 10.1 Å². The van der Waals surface area contributed by atoms with Crippen LogP contribution in [0.5, 0.6) is 0 Å². The minimum Gasteiger partial charge on any atom is -0.459 e. The molecule has 0 amide bonds. The van der Waals surface area contributed by atoms with Crippen molar-refractivity contribution in [1.29, 1.82) is 5.26 Å².